The van der Waals surface area contributed by atoms with E-state index in [0.717, 1.165) is 28.5 Å². The summed E-state index contributed by atoms with van der Waals surface area (Å²) in [4.78, 5) is 27.6. The van der Waals surface area contributed by atoms with Crippen molar-refractivity contribution in [3.8, 4) is 11.3 Å². The van der Waals surface area contributed by atoms with Crippen LogP contribution in [0.5, 0.6) is 0 Å². The molecule has 0 aliphatic carbocycles. The number of aryl methyl sites for hydroxylation is 1. The monoisotopic (exact) mass is 406 g/mol. The Morgan fingerprint density at radius 3 is 2.72 bits per heavy atom. The molecule has 0 atom stereocenters. The fraction of sp³-hybridized carbons (Fsp3) is 0.0476. The van der Waals surface area contributed by atoms with Crippen molar-refractivity contribution in [3.05, 3.63) is 93.3 Å². The van der Waals surface area contributed by atoms with E-state index >= 15 is 0 Å². The number of imidazole rings is 1. The molecule has 4 aromatic rings. The predicted molar refractivity (Wildman–Crippen MR) is 111 cm³/mol. The van der Waals surface area contributed by atoms with Crippen molar-refractivity contribution in [1.82, 2.24) is 9.38 Å². The second kappa shape index (κ2) is 7.37. The first-order chi connectivity index (χ1) is 13.9. The largest absolute Gasteiger partial charge is 0.322 e. The van der Waals surface area contributed by atoms with Crippen molar-refractivity contribution in [3.63, 3.8) is 0 Å². The first-order valence-corrected chi connectivity index (χ1v) is 9.10. The van der Waals surface area contributed by atoms with Crippen LogP contribution in [0.25, 0.3) is 16.9 Å². The molecular formula is C21H15ClN4O3. The van der Waals surface area contributed by atoms with Gasteiger partial charge in [-0.15, -0.1) is 0 Å². The minimum Gasteiger partial charge on any atom is -0.322 e. The van der Waals surface area contributed by atoms with Crippen LogP contribution in [0.4, 0.5) is 11.4 Å². The molecular weight excluding hydrogens is 392 g/mol. The molecule has 0 spiro atoms. The molecule has 0 radical (unpaired) electrons. The van der Waals surface area contributed by atoms with Crippen LogP contribution in [0.1, 0.15) is 15.9 Å². The molecule has 1 N–H and O–H groups in total. The summed E-state index contributed by atoms with van der Waals surface area (Å²) < 4.78 is 1.92. The van der Waals surface area contributed by atoms with Gasteiger partial charge < -0.3 is 9.72 Å². The molecule has 0 unspecified atom stereocenters. The fourth-order valence-corrected chi connectivity index (χ4v) is 3.24. The Bertz CT molecular complexity index is 1230. The van der Waals surface area contributed by atoms with Crippen LogP contribution in [-0.4, -0.2) is 20.2 Å². The number of hydrogen-bond acceptors (Lipinski definition) is 4. The number of benzene rings is 2. The van der Waals surface area contributed by atoms with Crippen molar-refractivity contribution in [2.24, 2.45) is 0 Å². The number of amides is 1. The lowest BCUT2D eigenvalue weighted by Gasteiger charge is -2.11. The van der Waals surface area contributed by atoms with Gasteiger partial charge in [0.1, 0.15) is 5.65 Å². The van der Waals surface area contributed by atoms with E-state index in [9.17, 15) is 14.9 Å². The number of anilines is 1. The van der Waals surface area contributed by atoms with E-state index in [0.29, 0.717) is 5.69 Å². The number of non-ortho nitro benzene ring substituents is 1. The molecule has 0 saturated carbocycles. The molecule has 0 aliphatic heterocycles. The van der Waals surface area contributed by atoms with Gasteiger partial charge in [-0.2, -0.15) is 0 Å². The highest BCUT2D eigenvalue weighted by Crippen LogP contribution is 2.27. The summed E-state index contributed by atoms with van der Waals surface area (Å²) in [5.74, 6) is -0.444. The molecule has 29 heavy (non-hydrogen) atoms. The Balaban J connectivity index is 1.64. The number of fused-ring (bicyclic) bond motifs is 1. The third-order valence-electron chi connectivity index (χ3n) is 4.55. The van der Waals surface area contributed by atoms with Gasteiger partial charge in [0.25, 0.3) is 11.6 Å². The highest BCUT2D eigenvalue weighted by molar-refractivity contribution is 6.34. The second-order valence-corrected chi connectivity index (χ2v) is 6.90. The summed E-state index contributed by atoms with van der Waals surface area (Å²) in [6.07, 6.45) is 3.83. The molecule has 2 aromatic carbocycles. The summed E-state index contributed by atoms with van der Waals surface area (Å²) in [7, 11) is 0. The SMILES string of the molecule is Cc1ccc(-c2cn3ccccc3n2)cc1NC(=O)c1ccc([N+](=O)[O-])cc1Cl. The average Bonchev–Trinajstić information content (AvgIpc) is 3.13. The number of pyridine rings is 1. The number of nitro benzene ring substituents is 1. The topological polar surface area (TPSA) is 89.5 Å². The smallest absolute Gasteiger partial charge is 0.270 e. The van der Waals surface area contributed by atoms with E-state index in [1.54, 1.807) is 0 Å². The number of nitrogens with one attached hydrogen (secondary N) is 1. The third-order valence-corrected chi connectivity index (χ3v) is 4.87. The van der Waals surface area contributed by atoms with Gasteiger partial charge in [-0.1, -0.05) is 29.8 Å². The minimum absolute atomic E-state index is 0.0193. The summed E-state index contributed by atoms with van der Waals surface area (Å²) in [6.45, 7) is 1.88. The molecule has 0 bridgehead atoms. The van der Waals surface area contributed by atoms with Gasteiger partial charge in [-0.05, 0) is 36.8 Å². The number of aromatic nitrogens is 2. The zero-order chi connectivity index (χ0) is 20.5. The zero-order valence-electron chi connectivity index (χ0n) is 15.3. The van der Waals surface area contributed by atoms with Crippen LogP contribution >= 0.6 is 11.6 Å². The van der Waals surface area contributed by atoms with Crippen molar-refractivity contribution in [2.45, 2.75) is 6.92 Å². The molecule has 8 heteroatoms. The van der Waals surface area contributed by atoms with E-state index in [2.05, 4.69) is 10.3 Å². The van der Waals surface area contributed by atoms with Gasteiger partial charge >= 0.3 is 0 Å². The van der Waals surface area contributed by atoms with E-state index in [4.69, 9.17) is 11.6 Å². The van der Waals surface area contributed by atoms with Crippen LogP contribution in [0.15, 0.2) is 67.0 Å². The maximum absolute atomic E-state index is 12.7. The zero-order valence-corrected chi connectivity index (χ0v) is 16.1. The molecule has 1 amide bonds. The van der Waals surface area contributed by atoms with E-state index < -0.39 is 10.8 Å². The second-order valence-electron chi connectivity index (χ2n) is 6.50. The fourth-order valence-electron chi connectivity index (χ4n) is 2.98. The molecule has 2 aromatic heterocycles. The number of carbonyl (C=O) groups is 1. The van der Waals surface area contributed by atoms with Gasteiger partial charge in [0.15, 0.2) is 0 Å². The lowest BCUT2D eigenvalue weighted by molar-refractivity contribution is -0.384. The van der Waals surface area contributed by atoms with Gasteiger partial charge in [-0.25, -0.2) is 4.98 Å². The van der Waals surface area contributed by atoms with Crippen molar-refractivity contribution in [1.29, 1.82) is 0 Å². The van der Waals surface area contributed by atoms with Crippen LogP contribution in [-0.2, 0) is 0 Å². The molecule has 4 rings (SSSR count). The lowest BCUT2D eigenvalue weighted by Crippen LogP contribution is -2.13. The van der Waals surface area contributed by atoms with Gasteiger partial charge in [0.05, 0.1) is 21.2 Å². The standard InChI is InChI=1S/C21H15ClN4O3/c1-13-5-6-14(19-12-25-9-3-2-4-20(25)23-19)10-18(13)24-21(27)16-8-7-15(26(28)29)11-17(16)22/h2-12H,1H3,(H,24,27). The Labute approximate surface area is 170 Å². The number of nitrogens with zero attached hydrogens (tertiary/aromatic N) is 3. The van der Waals surface area contributed by atoms with Crippen LogP contribution < -0.4 is 5.32 Å². The summed E-state index contributed by atoms with van der Waals surface area (Å²) in [5.41, 5.74) is 3.92. The number of halogens is 1. The molecule has 7 nitrogen and oxygen atoms in total. The van der Waals surface area contributed by atoms with Crippen molar-refractivity contribution >= 4 is 34.5 Å². The number of hydrogen-bond donors (Lipinski definition) is 1. The maximum atomic E-state index is 12.7. The number of nitro groups is 1. The highest BCUT2D eigenvalue weighted by Gasteiger charge is 2.16. The minimum atomic E-state index is -0.559. The molecule has 0 saturated heterocycles. The quantitative estimate of drug-likeness (QED) is 0.376. The normalized spacial score (nSPS) is 10.8. The summed E-state index contributed by atoms with van der Waals surface area (Å²) in [6, 6.07) is 15.2. The van der Waals surface area contributed by atoms with Crippen molar-refractivity contribution in [2.75, 3.05) is 5.32 Å². The summed E-state index contributed by atoms with van der Waals surface area (Å²) >= 11 is 6.07. The summed E-state index contributed by atoms with van der Waals surface area (Å²) in [5, 5.41) is 13.7. The first-order valence-electron chi connectivity index (χ1n) is 8.72. The van der Waals surface area contributed by atoms with E-state index in [1.807, 2.05) is 60.1 Å². The van der Waals surface area contributed by atoms with Gasteiger partial charge in [-0.3, -0.25) is 14.9 Å². The van der Waals surface area contributed by atoms with Crippen LogP contribution in [0.3, 0.4) is 0 Å². The van der Waals surface area contributed by atoms with Crippen molar-refractivity contribution < 1.29 is 9.72 Å². The average molecular weight is 407 g/mol. The lowest BCUT2D eigenvalue weighted by atomic mass is 10.1. The molecule has 0 fully saturated rings. The Morgan fingerprint density at radius 1 is 1.17 bits per heavy atom. The molecule has 144 valence electrons. The Morgan fingerprint density at radius 2 is 2.00 bits per heavy atom. The van der Waals surface area contributed by atoms with Gasteiger partial charge in [0, 0.05) is 35.8 Å². The Kier molecular flexibility index (Phi) is 4.74. The Hall–Kier alpha value is -3.71. The first kappa shape index (κ1) is 18.6. The number of rotatable bonds is 4. The van der Waals surface area contributed by atoms with Gasteiger partial charge in [0.2, 0.25) is 0 Å². The van der Waals surface area contributed by atoms with Crippen LogP contribution in [0, 0.1) is 17.0 Å². The molecule has 0 aliphatic rings. The maximum Gasteiger partial charge on any atom is 0.270 e. The molecule has 2 heterocycles. The van der Waals surface area contributed by atoms with Crippen LogP contribution in [0.2, 0.25) is 5.02 Å². The van der Waals surface area contributed by atoms with E-state index in [-0.39, 0.29) is 16.3 Å². The van der Waals surface area contributed by atoms with E-state index in [1.165, 1.54) is 12.1 Å². The third kappa shape index (κ3) is 3.68. The predicted octanol–water partition coefficient (Wildman–Crippen LogP) is 5.12. The number of carbonyl (C=O) groups excluding carboxylic acids is 1. The highest BCUT2D eigenvalue weighted by atomic mass is 35.5.